The maximum Gasteiger partial charge on any atom is 0.338 e. The molecule has 110 valence electrons. The molecule has 0 radical (unpaired) electrons. The van der Waals surface area contributed by atoms with Gasteiger partial charge in [-0.1, -0.05) is 18.2 Å². The van der Waals surface area contributed by atoms with Crippen LogP contribution in [-0.2, 0) is 6.54 Å². The van der Waals surface area contributed by atoms with Gasteiger partial charge < -0.3 is 10.4 Å². The lowest BCUT2D eigenvalue weighted by Crippen LogP contribution is -2.18. The third-order valence-electron chi connectivity index (χ3n) is 3.25. The zero-order chi connectivity index (χ0) is 15.4. The lowest BCUT2D eigenvalue weighted by atomic mass is 10.1. The van der Waals surface area contributed by atoms with Gasteiger partial charge in [0.25, 0.3) is 0 Å². The summed E-state index contributed by atoms with van der Waals surface area (Å²) in [4.78, 5) is 10.7. The van der Waals surface area contributed by atoms with Crippen LogP contribution in [0.2, 0.25) is 0 Å². The SMILES string of the molecule is C[C@@H](NCc1ccc(C(=O)O)c(F)c1)c1ccc(F)cc1. The second kappa shape index (κ2) is 6.45. The minimum Gasteiger partial charge on any atom is -0.478 e. The smallest absolute Gasteiger partial charge is 0.338 e. The predicted octanol–water partition coefficient (Wildman–Crippen LogP) is 3.51. The van der Waals surface area contributed by atoms with Crippen LogP contribution in [-0.4, -0.2) is 11.1 Å². The second-order valence-corrected chi connectivity index (χ2v) is 4.77. The minimum atomic E-state index is -1.29. The van der Waals surface area contributed by atoms with Crippen LogP contribution in [0.15, 0.2) is 42.5 Å². The van der Waals surface area contributed by atoms with E-state index >= 15 is 0 Å². The zero-order valence-corrected chi connectivity index (χ0v) is 11.4. The molecule has 0 spiro atoms. The van der Waals surface area contributed by atoms with Crippen molar-refractivity contribution in [2.75, 3.05) is 0 Å². The Bertz CT molecular complexity index is 641. The molecule has 2 aromatic carbocycles. The molecule has 0 aliphatic heterocycles. The monoisotopic (exact) mass is 291 g/mol. The Hall–Kier alpha value is -2.27. The van der Waals surface area contributed by atoms with Gasteiger partial charge in [-0.3, -0.25) is 0 Å². The summed E-state index contributed by atoms with van der Waals surface area (Å²) in [7, 11) is 0. The molecule has 5 heteroatoms. The standard InChI is InChI=1S/C16H15F2NO2/c1-10(12-3-5-13(17)6-4-12)19-9-11-2-7-14(16(20)21)15(18)8-11/h2-8,10,19H,9H2,1H3,(H,20,21)/t10-/m1/s1. The number of carboxylic acids is 1. The van der Waals surface area contributed by atoms with E-state index < -0.39 is 11.8 Å². The molecule has 0 amide bonds. The van der Waals surface area contributed by atoms with Gasteiger partial charge in [0.15, 0.2) is 0 Å². The van der Waals surface area contributed by atoms with E-state index in [9.17, 15) is 13.6 Å². The number of carbonyl (C=O) groups is 1. The molecule has 0 heterocycles. The molecule has 0 fully saturated rings. The molecule has 2 rings (SSSR count). The van der Waals surface area contributed by atoms with E-state index in [0.29, 0.717) is 12.1 Å². The summed E-state index contributed by atoms with van der Waals surface area (Å²) in [5.74, 6) is -2.33. The Morgan fingerprint density at radius 2 is 1.86 bits per heavy atom. The number of carboxylic acid groups (broad SMARTS) is 1. The molecule has 0 saturated carbocycles. The van der Waals surface area contributed by atoms with E-state index in [4.69, 9.17) is 5.11 Å². The maximum atomic E-state index is 13.5. The van der Waals surface area contributed by atoms with Crippen LogP contribution in [0.25, 0.3) is 0 Å². The first-order chi connectivity index (χ1) is 9.97. The van der Waals surface area contributed by atoms with Gasteiger partial charge in [-0.15, -0.1) is 0 Å². The number of hydrogen-bond acceptors (Lipinski definition) is 2. The predicted molar refractivity (Wildman–Crippen MR) is 75.0 cm³/mol. The highest BCUT2D eigenvalue weighted by molar-refractivity contribution is 5.87. The Morgan fingerprint density at radius 3 is 2.43 bits per heavy atom. The van der Waals surface area contributed by atoms with Crippen molar-refractivity contribution in [3.05, 3.63) is 70.8 Å². The number of benzene rings is 2. The normalized spacial score (nSPS) is 12.1. The van der Waals surface area contributed by atoms with E-state index in [2.05, 4.69) is 5.32 Å². The molecule has 0 aromatic heterocycles. The molecule has 1 atom stereocenters. The van der Waals surface area contributed by atoms with Gasteiger partial charge in [-0.25, -0.2) is 13.6 Å². The summed E-state index contributed by atoms with van der Waals surface area (Å²) in [6.07, 6.45) is 0. The molecule has 0 unspecified atom stereocenters. The van der Waals surface area contributed by atoms with Gasteiger partial charge in [-0.2, -0.15) is 0 Å². The van der Waals surface area contributed by atoms with Crippen molar-refractivity contribution >= 4 is 5.97 Å². The fourth-order valence-corrected chi connectivity index (χ4v) is 1.98. The molecule has 0 bridgehead atoms. The Balaban J connectivity index is 2.01. The second-order valence-electron chi connectivity index (χ2n) is 4.77. The van der Waals surface area contributed by atoms with Crippen LogP contribution in [0.1, 0.15) is 34.5 Å². The number of nitrogens with one attached hydrogen (secondary N) is 1. The van der Waals surface area contributed by atoms with Gasteiger partial charge in [0.05, 0.1) is 5.56 Å². The third kappa shape index (κ3) is 3.86. The number of rotatable bonds is 5. The van der Waals surface area contributed by atoms with Crippen molar-refractivity contribution in [1.29, 1.82) is 0 Å². The quantitative estimate of drug-likeness (QED) is 0.886. The molecule has 21 heavy (non-hydrogen) atoms. The molecule has 2 aromatic rings. The van der Waals surface area contributed by atoms with Crippen LogP contribution in [0, 0.1) is 11.6 Å². The fraction of sp³-hybridized carbons (Fsp3) is 0.188. The lowest BCUT2D eigenvalue weighted by molar-refractivity contribution is 0.0692. The molecule has 2 N–H and O–H groups in total. The highest BCUT2D eigenvalue weighted by atomic mass is 19.1. The average Bonchev–Trinajstić information content (AvgIpc) is 2.45. The van der Waals surface area contributed by atoms with Gasteiger partial charge in [0, 0.05) is 12.6 Å². The van der Waals surface area contributed by atoms with Gasteiger partial charge >= 0.3 is 5.97 Å². The van der Waals surface area contributed by atoms with Crippen molar-refractivity contribution in [2.24, 2.45) is 0 Å². The first kappa shape index (κ1) is 15.1. The highest BCUT2D eigenvalue weighted by Gasteiger charge is 2.11. The fourth-order valence-electron chi connectivity index (χ4n) is 1.98. The van der Waals surface area contributed by atoms with Gasteiger partial charge in [0.2, 0.25) is 0 Å². The van der Waals surface area contributed by atoms with Crippen LogP contribution in [0.5, 0.6) is 0 Å². The largest absolute Gasteiger partial charge is 0.478 e. The first-order valence-electron chi connectivity index (χ1n) is 6.48. The van der Waals surface area contributed by atoms with Gasteiger partial charge in [-0.05, 0) is 42.3 Å². The van der Waals surface area contributed by atoms with Crippen molar-refractivity contribution in [1.82, 2.24) is 5.32 Å². The number of halogens is 2. The number of hydrogen-bond donors (Lipinski definition) is 2. The summed E-state index contributed by atoms with van der Waals surface area (Å²) in [5.41, 5.74) is 1.22. The molecule has 0 aliphatic rings. The average molecular weight is 291 g/mol. The van der Waals surface area contributed by atoms with Crippen LogP contribution in [0.4, 0.5) is 8.78 Å². The summed E-state index contributed by atoms with van der Waals surface area (Å²) < 4.78 is 26.4. The highest BCUT2D eigenvalue weighted by Crippen LogP contribution is 2.15. The topological polar surface area (TPSA) is 49.3 Å². The first-order valence-corrected chi connectivity index (χ1v) is 6.48. The van der Waals surface area contributed by atoms with E-state index in [1.807, 2.05) is 6.92 Å². The molecule has 0 saturated heterocycles. The molecular weight excluding hydrogens is 276 g/mol. The summed E-state index contributed by atoms with van der Waals surface area (Å²) in [6.45, 7) is 2.30. The molecule has 3 nitrogen and oxygen atoms in total. The number of aromatic carboxylic acids is 1. The van der Waals surface area contributed by atoms with Crippen molar-refractivity contribution < 1.29 is 18.7 Å². The zero-order valence-electron chi connectivity index (χ0n) is 11.4. The van der Waals surface area contributed by atoms with E-state index in [1.165, 1.54) is 24.3 Å². The van der Waals surface area contributed by atoms with E-state index in [1.54, 1.807) is 18.2 Å². The van der Waals surface area contributed by atoms with E-state index in [0.717, 1.165) is 5.56 Å². The lowest BCUT2D eigenvalue weighted by Gasteiger charge is -2.14. The van der Waals surface area contributed by atoms with Crippen molar-refractivity contribution in [3.8, 4) is 0 Å². The molecule has 0 aliphatic carbocycles. The third-order valence-corrected chi connectivity index (χ3v) is 3.25. The summed E-state index contributed by atoms with van der Waals surface area (Å²) in [5, 5.41) is 11.9. The minimum absolute atomic E-state index is 0.0344. The van der Waals surface area contributed by atoms with E-state index in [-0.39, 0.29) is 17.4 Å². The Kier molecular flexibility index (Phi) is 4.65. The van der Waals surface area contributed by atoms with Crippen LogP contribution >= 0.6 is 0 Å². The summed E-state index contributed by atoms with van der Waals surface area (Å²) >= 11 is 0. The molecular formula is C16H15F2NO2. The Morgan fingerprint density at radius 1 is 1.19 bits per heavy atom. The van der Waals surface area contributed by atoms with Crippen LogP contribution < -0.4 is 5.32 Å². The van der Waals surface area contributed by atoms with Crippen LogP contribution in [0.3, 0.4) is 0 Å². The Labute approximate surface area is 121 Å². The van der Waals surface area contributed by atoms with Crippen molar-refractivity contribution in [2.45, 2.75) is 19.5 Å². The maximum absolute atomic E-state index is 13.5. The summed E-state index contributed by atoms with van der Waals surface area (Å²) in [6, 6.07) is 10.1. The van der Waals surface area contributed by atoms with Crippen molar-refractivity contribution in [3.63, 3.8) is 0 Å². The van der Waals surface area contributed by atoms with Gasteiger partial charge in [0.1, 0.15) is 11.6 Å².